The Morgan fingerprint density at radius 2 is 1.11 bits per heavy atom. The van der Waals surface area contributed by atoms with Gasteiger partial charge in [0.1, 0.15) is 12.7 Å². The van der Waals surface area contributed by atoms with Crippen LogP contribution >= 0.6 is 0 Å². The van der Waals surface area contributed by atoms with Crippen LogP contribution in [0.1, 0.15) is 31.1 Å². The summed E-state index contributed by atoms with van der Waals surface area (Å²) in [7, 11) is 0. The van der Waals surface area contributed by atoms with Gasteiger partial charge in [-0.2, -0.15) is 5.26 Å². The molecule has 0 bridgehead atoms. The van der Waals surface area contributed by atoms with Gasteiger partial charge < -0.3 is 18.9 Å². The molecule has 0 spiro atoms. The highest BCUT2D eigenvalue weighted by Crippen LogP contribution is 2.29. The SMILES string of the molecule is N#C[C@@H]1OC(COC(=O)c2ccccc2)[C@@H](OC(=O)c2ccccc2)[C@H]1OC(=O)c1ccccc1. The lowest BCUT2D eigenvalue weighted by molar-refractivity contribution is -0.0437. The number of carbonyl (C=O) groups is 3. The van der Waals surface area contributed by atoms with Crippen molar-refractivity contribution in [2.75, 3.05) is 6.61 Å². The molecule has 0 radical (unpaired) electrons. The summed E-state index contributed by atoms with van der Waals surface area (Å²) in [5.41, 5.74) is 0.851. The Kier molecular flexibility index (Phi) is 7.50. The van der Waals surface area contributed by atoms with Gasteiger partial charge in [0.2, 0.25) is 0 Å². The maximum absolute atomic E-state index is 12.8. The lowest BCUT2D eigenvalue weighted by atomic mass is 10.1. The first kappa shape index (κ1) is 23.7. The number of carbonyl (C=O) groups excluding carboxylic acids is 3. The molecule has 8 nitrogen and oxygen atoms in total. The van der Waals surface area contributed by atoms with Crippen molar-refractivity contribution in [3.05, 3.63) is 108 Å². The summed E-state index contributed by atoms with van der Waals surface area (Å²) < 4.78 is 22.3. The summed E-state index contributed by atoms with van der Waals surface area (Å²) in [5.74, 6) is -2.01. The molecule has 1 saturated heterocycles. The van der Waals surface area contributed by atoms with Gasteiger partial charge in [0.15, 0.2) is 18.3 Å². The van der Waals surface area contributed by atoms with Crippen LogP contribution in [0, 0.1) is 11.3 Å². The number of rotatable bonds is 7. The normalized spacial score (nSPS) is 20.9. The minimum absolute atomic E-state index is 0.260. The average Bonchev–Trinajstić information content (AvgIpc) is 3.24. The van der Waals surface area contributed by atoms with E-state index in [9.17, 15) is 19.6 Å². The molecule has 0 aliphatic carbocycles. The first-order valence-corrected chi connectivity index (χ1v) is 10.9. The summed E-state index contributed by atoms with van der Waals surface area (Å²) in [6.45, 7) is -0.321. The molecule has 0 N–H and O–H groups in total. The Balaban J connectivity index is 1.55. The highest BCUT2D eigenvalue weighted by Gasteiger charge is 2.50. The number of hydrogen-bond acceptors (Lipinski definition) is 8. The Morgan fingerprint density at radius 1 is 0.686 bits per heavy atom. The Labute approximate surface area is 201 Å². The van der Waals surface area contributed by atoms with E-state index in [1.165, 1.54) is 0 Å². The fraction of sp³-hybridized carbons (Fsp3) is 0.185. The van der Waals surface area contributed by atoms with E-state index in [2.05, 4.69) is 0 Å². The Hall–Kier alpha value is -4.48. The lowest BCUT2D eigenvalue weighted by Crippen LogP contribution is -2.41. The van der Waals surface area contributed by atoms with Crippen LogP contribution in [0.4, 0.5) is 0 Å². The van der Waals surface area contributed by atoms with Crippen LogP contribution in [-0.4, -0.2) is 48.9 Å². The van der Waals surface area contributed by atoms with E-state index in [4.69, 9.17) is 18.9 Å². The molecular formula is C27H21NO7. The van der Waals surface area contributed by atoms with E-state index >= 15 is 0 Å². The van der Waals surface area contributed by atoms with Gasteiger partial charge in [0.25, 0.3) is 0 Å². The molecule has 35 heavy (non-hydrogen) atoms. The molecule has 1 aliphatic rings. The number of nitriles is 1. The smallest absolute Gasteiger partial charge is 0.338 e. The summed E-state index contributed by atoms with van der Waals surface area (Å²) in [6, 6.07) is 26.7. The molecule has 1 fully saturated rings. The van der Waals surface area contributed by atoms with Crippen LogP contribution in [0.15, 0.2) is 91.0 Å². The fourth-order valence-corrected chi connectivity index (χ4v) is 3.58. The minimum Gasteiger partial charge on any atom is -0.459 e. The number of esters is 3. The summed E-state index contributed by atoms with van der Waals surface area (Å²) in [4.78, 5) is 37.9. The van der Waals surface area contributed by atoms with Crippen molar-refractivity contribution >= 4 is 17.9 Å². The fourth-order valence-electron chi connectivity index (χ4n) is 3.58. The maximum Gasteiger partial charge on any atom is 0.338 e. The Morgan fingerprint density at radius 3 is 1.57 bits per heavy atom. The van der Waals surface area contributed by atoms with Crippen LogP contribution in [0.25, 0.3) is 0 Å². The van der Waals surface area contributed by atoms with Gasteiger partial charge in [0, 0.05) is 0 Å². The topological polar surface area (TPSA) is 112 Å². The molecule has 8 heteroatoms. The summed E-state index contributed by atoms with van der Waals surface area (Å²) >= 11 is 0. The van der Waals surface area contributed by atoms with Crippen molar-refractivity contribution in [1.29, 1.82) is 5.26 Å². The first-order chi connectivity index (χ1) is 17.1. The summed E-state index contributed by atoms with van der Waals surface area (Å²) in [6.07, 6.45) is -4.70. The molecule has 1 aliphatic heterocycles. The van der Waals surface area contributed by atoms with Gasteiger partial charge in [-0.05, 0) is 36.4 Å². The molecular weight excluding hydrogens is 450 g/mol. The van der Waals surface area contributed by atoms with Gasteiger partial charge >= 0.3 is 17.9 Å². The highest BCUT2D eigenvalue weighted by atomic mass is 16.6. The molecule has 0 aromatic heterocycles. The third-order valence-electron chi connectivity index (χ3n) is 5.33. The zero-order valence-corrected chi connectivity index (χ0v) is 18.5. The highest BCUT2D eigenvalue weighted by molar-refractivity contribution is 5.91. The van der Waals surface area contributed by atoms with E-state index < -0.39 is 42.3 Å². The predicted octanol–water partition coefficient (Wildman–Crippen LogP) is 3.59. The van der Waals surface area contributed by atoms with Crippen LogP contribution in [0.5, 0.6) is 0 Å². The zero-order chi connectivity index (χ0) is 24.6. The van der Waals surface area contributed by atoms with E-state index in [1.807, 2.05) is 6.07 Å². The summed E-state index contributed by atoms with van der Waals surface area (Å²) in [5, 5.41) is 9.65. The van der Waals surface area contributed by atoms with Crippen LogP contribution in [0.3, 0.4) is 0 Å². The van der Waals surface area contributed by atoms with Crippen molar-refractivity contribution in [3.8, 4) is 6.07 Å². The molecule has 0 saturated carbocycles. The third kappa shape index (κ3) is 5.72. The standard InChI is InChI=1S/C27H21NO7/c28-16-21-23(34-26(30)19-12-6-2-7-13-19)24(35-27(31)20-14-8-3-9-15-20)22(33-21)17-32-25(29)18-10-4-1-5-11-18/h1-15,21-24H,17H2/t21-,22?,23-,24+/m0/s1. The molecule has 3 aromatic rings. The average molecular weight is 471 g/mol. The zero-order valence-electron chi connectivity index (χ0n) is 18.5. The second-order valence-electron chi connectivity index (χ2n) is 7.66. The minimum atomic E-state index is -1.24. The number of ether oxygens (including phenoxy) is 4. The van der Waals surface area contributed by atoms with E-state index in [0.717, 1.165) is 0 Å². The van der Waals surface area contributed by atoms with Crippen LogP contribution in [0.2, 0.25) is 0 Å². The lowest BCUT2D eigenvalue weighted by Gasteiger charge is -2.23. The van der Waals surface area contributed by atoms with Gasteiger partial charge in [-0.3, -0.25) is 0 Å². The second-order valence-corrected chi connectivity index (χ2v) is 7.66. The van der Waals surface area contributed by atoms with Crippen molar-refractivity contribution in [1.82, 2.24) is 0 Å². The van der Waals surface area contributed by atoms with Gasteiger partial charge in [-0.1, -0.05) is 54.6 Å². The van der Waals surface area contributed by atoms with Gasteiger partial charge in [-0.15, -0.1) is 0 Å². The largest absolute Gasteiger partial charge is 0.459 e. The van der Waals surface area contributed by atoms with Crippen molar-refractivity contribution < 1.29 is 33.3 Å². The van der Waals surface area contributed by atoms with E-state index in [-0.39, 0.29) is 17.7 Å². The first-order valence-electron chi connectivity index (χ1n) is 10.9. The molecule has 1 unspecified atom stereocenters. The molecule has 176 valence electrons. The number of benzene rings is 3. The number of hydrogen-bond donors (Lipinski definition) is 0. The quantitative estimate of drug-likeness (QED) is 0.380. The molecule has 0 amide bonds. The maximum atomic E-state index is 12.8. The number of nitrogens with zero attached hydrogens (tertiary/aromatic N) is 1. The van der Waals surface area contributed by atoms with E-state index in [1.54, 1.807) is 91.0 Å². The van der Waals surface area contributed by atoms with Crippen molar-refractivity contribution in [2.45, 2.75) is 24.4 Å². The molecule has 3 aromatic carbocycles. The molecule has 4 atom stereocenters. The predicted molar refractivity (Wildman–Crippen MR) is 122 cm³/mol. The third-order valence-corrected chi connectivity index (χ3v) is 5.33. The second kappa shape index (κ2) is 11.1. The monoisotopic (exact) mass is 471 g/mol. The van der Waals surface area contributed by atoms with Crippen LogP contribution in [-0.2, 0) is 18.9 Å². The van der Waals surface area contributed by atoms with Crippen molar-refractivity contribution in [2.24, 2.45) is 0 Å². The van der Waals surface area contributed by atoms with Crippen molar-refractivity contribution in [3.63, 3.8) is 0 Å². The Bertz CT molecular complexity index is 1210. The van der Waals surface area contributed by atoms with E-state index in [0.29, 0.717) is 5.56 Å². The van der Waals surface area contributed by atoms with Gasteiger partial charge in [-0.25, -0.2) is 14.4 Å². The molecule has 4 rings (SSSR count). The molecule has 1 heterocycles. The van der Waals surface area contributed by atoms with Gasteiger partial charge in [0.05, 0.1) is 22.8 Å². The van der Waals surface area contributed by atoms with Crippen LogP contribution < -0.4 is 0 Å².